The van der Waals surface area contributed by atoms with Crippen molar-refractivity contribution in [2.75, 3.05) is 24.5 Å². The number of rotatable bonds is 2. The molecular weight excluding hydrogens is 393 g/mol. The second-order valence-corrected chi connectivity index (χ2v) is 7.45. The van der Waals surface area contributed by atoms with Crippen LogP contribution in [0.25, 0.3) is 0 Å². The van der Waals surface area contributed by atoms with Gasteiger partial charge in [0.2, 0.25) is 5.91 Å². The van der Waals surface area contributed by atoms with Gasteiger partial charge in [-0.25, -0.2) is 9.59 Å². The van der Waals surface area contributed by atoms with Gasteiger partial charge in [-0.1, -0.05) is 0 Å². The summed E-state index contributed by atoms with van der Waals surface area (Å²) in [7, 11) is 0. The Hall–Kier alpha value is -2.85. The molecular formula is C18H23F3N4O4. The Morgan fingerprint density at radius 2 is 1.97 bits per heavy atom. The lowest BCUT2D eigenvalue weighted by atomic mass is 9.86. The van der Waals surface area contributed by atoms with Crippen molar-refractivity contribution in [2.45, 2.75) is 38.9 Å². The van der Waals surface area contributed by atoms with Crippen molar-refractivity contribution in [2.24, 2.45) is 5.41 Å². The Morgan fingerprint density at radius 3 is 2.48 bits per heavy atom. The molecule has 8 nitrogen and oxygen atoms in total. The normalized spacial score (nSPS) is 21.4. The molecule has 3 amide bonds. The SMILES string of the molecule is CC(C)NC(=O)N1CCC2(CC(=O)N(c3cccnc3)C2)C1.O=C(O)C(F)(F)F. The quantitative estimate of drug-likeness (QED) is 0.770. The van der Waals surface area contributed by atoms with Crippen molar-refractivity contribution in [3.63, 3.8) is 0 Å². The number of nitrogens with one attached hydrogen (secondary N) is 1. The van der Waals surface area contributed by atoms with Crippen molar-refractivity contribution >= 4 is 23.6 Å². The van der Waals surface area contributed by atoms with E-state index in [9.17, 15) is 22.8 Å². The molecule has 2 aliphatic heterocycles. The minimum atomic E-state index is -5.08. The summed E-state index contributed by atoms with van der Waals surface area (Å²) in [4.78, 5) is 41.1. The molecule has 1 aromatic heterocycles. The highest BCUT2D eigenvalue weighted by molar-refractivity contribution is 5.96. The first-order valence-electron chi connectivity index (χ1n) is 8.99. The summed E-state index contributed by atoms with van der Waals surface area (Å²) in [6.07, 6.45) is -0.281. The Balaban J connectivity index is 0.000000370. The van der Waals surface area contributed by atoms with Gasteiger partial charge in [-0.05, 0) is 32.4 Å². The number of amides is 3. The van der Waals surface area contributed by atoms with Gasteiger partial charge in [-0.3, -0.25) is 9.78 Å². The fraction of sp³-hybridized carbons (Fsp3) is 0.556. The number of carbonyl (C=O) groups excluding carboxylic acids is 2. The average Bonchev–Trinajstić information content (AvgIpc) is 3.18. The highest BCUT2D eigenvalue weighted by Crippen LogP contribution is 2.41. The number of aromatic nitrogens is 1. The van der Waals surface area contributed by atoms with Crippen LogP contribution in [0.2, 0.25) is 0 Å². The minimum Gasteiger partial charge on any atom is -0.475 e. The third kappa shape index (κ3) is 5.81. The van der Waals surface area contributed by atoms with Crippen LogP contribution in [-0.2, 0) is 9.59 Å². The second-order valence-electron chi connectivity index (χ2n) is 7.45. The van der Waals surface area contributed by atoms with Gasteiger partial charge in [0, 0.05) is 43.7 Å². The molecule has 1 spiro atoms. The zero-order valence-electron chi connectivity index (χ0n) is 16.1. The molecule has 0 bridgehead atoms. The molecule has 2 saturated heterocycles. The highest BCUT2D eigenvalue weighted by Gasteiger charge is 2.48. The number of hydrogen-bond donors (Lipinski definition) is 2. The van der Waals surface area contributed by atoms with Gasteiger partial charge in [0.1, 0.15) is 0 Å². The van der Waals surface area contributed by atoms with E-state index >= 15 is 0 Å². The number of carbonyl (C=O) groups is 3. The number of likely N-dealkylation sites (tertiary alicyclic amines) is 1. The average molecular weight is 416 g/mol. The number of halogens is 3. The maximum atomic E-state index is 12.4. The van der Waals surface area contributed by atoms with Crippen LogP contribution in [0.15, 0.2) is 24.5 Å². The summed E-state index contributed by atoms with van der Waals surface area (Å²) in [6.45, 7) is 5.93. The molecule has 2 N–H and O–H groups in total. The molecule has 160 valence electrons. The fourth-order valence-electron chi connectivity index (χ4n) is 3.36. The molecule has 2 fully saturated rings. The van der Waals surface area contributed by atoms with E-state index in [2.05, 4.69) is 10.3 Å². The third-order valence-corrected chi connectivity index (χ3v) is 4.66. The van der Waals surface area contributed by atoms with Crippen molar-refractivity contribution in [3.05, 3.63) is 24.5 Å². The summed E-state index contributed by atoms with van der Waals surface area (Å²) in [5.41, 5.74) is 0.732. The van der Waals surface area contributed by atoms with E-state index in [-0.39, 0.29) is 23.4 Å². The molecule has 0 aliphatic carbocycles. The van der Waals surface area contributed by atoms with Gasteiger partial charge >= 0.3 is 18.2 Å². The summed E-state index contributed by atoms with van der Waals surface area (Å²) >= 11 is 0. The molecule has 29 heavy (non-hydrogen) atoms. The first-order chi connectivity index (χ1) is 13.4. The summed E-state index contributed by atoms with van der Waals surface area (Å²) < 4.78 is 31.7. The Morgan fingerprint density at radius 1 is 1.31 bits per heavy atom. The van der Waals surface area contributed by atoms with E-state index < -0.39 is 12.1 Å². The van der Waals surface area contributed by atoms with Crippen molar-refractivity contribution < 1.29 is 32.7 Å². The van der Waals surface area contributed by atoms with Crippen LogP contribution in [0, 0.1) is 5.41 Å². The van der Waals surface area contributed by atoms with Crippen LogP contribution in [-0.4, -0.2) is 64.8 Å². The van der Waals surface area contributed by atoms with Gasteiger partial charge in [0.15, 0.2) is 0 Å². The zero-order valence-corrected chi connectivity index (χ0v) is 16.1. The van der Waals surface area contributed by atoms with Crippen LogP contribution in [0.3, 0.4) is 0 Å². The van der Waals surface area contributed by atoms with Crippen molar-refractivity contribution in [3.8, 4) is 0 Å². The number of nitrogens with zero attached hydrogens (tertiary/aromatic N) is 3. The van der Waals surface area contributed by atoms with E-state index in [4.69, 9.17) is 9.90 Å². The lowest BCUT2D eigenvalue weighted by Gasteiger charge is -2.24. The van der Waals surface area contributed by atoms with Crippen LogP contribution < -0.4 is 10.2 Å². The van der Waals surface area contributed by atoms with Crippen molar-refractivity contribution in [1.29, 1.82) is 0 Å². The molecule has 2 aliphatic rings. The number of anilines is 1. The minimum absolute atomic E-state index is 0.0286. The summed E-state index contributed by atoms with van der Waals surface area (Å²) in [5, 5.41) is 10.0. The molecule has 0 radical (unpaired) electrons. The zero-order chi connectivity index (χ0) is 21.8. The predicted octanol–water partition coefficient (Wildman–Crippen LogP) is 2.26. The highest BCUT2D eigenvalue weighted by atomic mass is 19.4. The molecule has 0 aromatic carbocycles. The molecule has 11 heteroatoms. The number of carboxylic acids is 1. The molecule has 3 heterocycles. The lowest BCUT2D eigenvalue weighted by molar-refractivity contribution is -0.192. The number of carboxylic acid groups (broad SMARTS) is 1. The summed E-state index contributed by atoms with van der Waals surface area (Å²) in [6, 6.07) is 3.84. The monoisotopic (exact) mass is 416 g/mol. The molecule has 1 atom stereocenters. The van der Waals surface area contributed by atoms with E-state index in [0.717, 1.165) is 12.1 Å². The van der Waals surface area contributed by atoms with E-state index in [1.165, 1.54) is 0 Å². The lowest BCUT2D eigenvalue weighted by Crippen LogP contribution is -2.43. The standard InChI is InChI=1S/C16H22N4O2.C2HF3O2/c1-12(2)18-15(22)19-7-5-16(10-19)8-14(21)20(11-16)13-4-3-6-17-9-13;3-2(4,5)1(6)7/h3-4,6,9,12H,5,7-8,10-11H2,1-2H3,(H,18,22);(H,6,7). The van der Waals surface area contributed by atoms with Crippen LogP contribution in [0.1, 0.15) is 26.7 Å². The number of pyridine rings is 1. The first-order valence-corrected chi connectivity index (χ1v) is 8.99. The van der Waals surface area contributed by atoms with Crippen LogP contribution in [0.4, 0.5) is 23.7 Å². The third-order valence-electron chi connectivity index (χ3n) is 4.66. The molecule has 1 aromatic rings. The van der Waals surface area contributed by atoms with E-state index in [0.29, 0.717) is 26.1 Å². The number of alkyl halides is 3. The first kappa shape index (κ1) is 22.4. The van der Waals surface area contributed by atoms with Gasteiger partial charge < -0.3 is 20.2 Å². The Bertz CT molecular complexity index is 757. The van der Waals surface area contributed by atoms with E-state index in [1.807, 2.05) is 30.9 Å². The Labute approximate surface area is 165 Å². The van der Waals surface area contributed by atoms with Crippen LogP contribution in [0.5, 0.6) is 0 Å². The van der Waals surface area contributed by atoms with E-state index in [1.54, 1.807) is 17.3 Å². The van der Waals surface area contributed by atoms with Gasteiger partial charge in [-0.2, -0.15) is 13.2 Å². The van der Waals surface area contributed by atoms with Crippen LogP contribution >= 0.6 is 0 Å². The largest absolute Gasteiger partial charge is 0.490 e. The van der Waals surface area contributed by atoms with Gasteiger partial charge in [0.05, 0.1) is 11.9 Å². The topological polar surface area (TPSA) is 103 Å². The number of urea groups is 1. The smallest absolute Gasteiger partial charge is 0.475 e. The predicted molar refractivity (Wildman–Crippen MR) is 97.2 cm³/mol. The molecule has 1 unspecified atom stereocenters. The van der Waals surface area contributed by atoms with Gasteiger partial charge in [-0.15, -0.1) is 0 Å². The molecule has 3 rings (SSSR count). The van der Waals surface area contributed by atoms with Gasteiger partial charge in [0.25, 0.3) is 0 Å². The number of hydrogen-bond acceptors (Lipinski definition) is 4. The second kappa shape index (κ2) is 8.66. The maximum Gasteiger partial charge on any atom is 0.490 e. The fourth-order valence-corrected chi connectivity index (χ4v) is 3.36. The van der Waals surface area contributed by atoms with Crippen molar-refractivity contribution in [1.82, 2.24) is 15.2 Å². The number of aliphatic carboxylic acids is 1. The summed E-state index contributed by atoms with van der Waals surface area (Å²) in [5.74, 6) is -2.63. The Kier molecular flexibility index (Phi) is 6.70. The molecule has 0 saturated carbocycles. The maximum absolute atomic E-state index is 12.4.